The molecule has 1 aliphatic rings. The van der Waals surface area contributed by atoms with E-state index in [2.05, 4.69) is 69.6 Å². The highest BCUT2D eigenvalue weighted by Gasteiger charge is 2.21. The Morgan fingerprint density at radius 1 is 1.09 bits per heavy atom. The van der Waals surface area contributed by atoms with Gasteiger partial charge in [0.2, 0.25) is 5.91 Å². The van der Waals surface area contributed by atoms with Gasteiger partial charge in [0, 0.05) is 69.5 Å². The molecule has 6 nitrogen and oxygen atoms in total. The maximum atomic E-state index is 11.7. The van der Waals surface area contributed by atoms with Crippen molar-refractivity contribution in [2.24, 2.45) is 0 Å². The molecule has 7 heteroatoms. The lowest BCUT2D eigenvalue weighted by molar-refractivity contribution is -0.130. The number of pyridine rings is 1. The first kappa shape index (κ1) is 23.4. The number of aromatic nitrogens is 2. The monoisotopic (exact) mass is 487 g/mol. The van der Waals surface area contributed by atoms with Crippen molar-refractivity contribution in [3.8, 4) is 22.4 Å². The van der Waals surface area contributed by atoms with Crippen LogP contribution in [0.3, 0.4) is 0 Å². The van der Waals surface area contributed by atoms with Crippen molar-refractivity contribution >= 4 is 34.2 Å². The summed E-state index contributed by atoms with van der Waals surface area (Å²) in [7, 11) is 1.94. The Morgan fingerprint density at radius 3 is 2.63 bits per heavy atom. The van der Waals surface area contributed by atoms with Gasteiger partial charge in [-0.2, -0.15) is 0 Å². The maximum Gasteiger partial charge on any atom is 0.219 e. The summed E-state index contributed by atoms with van der Waals surface area (Å²) in [4.78, 5) is 24.1. The Hall–Kier alpha value is -3.35. The van der Waals surface area contributed by atoms with Gasteiger partial charge in [-0.05, 0) is 47.4 Å². The number of hydrogen-bond donors (Lipinski definition) is 2. The summed E-state index contributed by atoms with van der Waals surface area (Å²) in [6.07, 6.45) is 1.74. The van der Waals surface area contributed by atoms with Gasteiger partial charge >= 0.3 is 0 Å². The number of benzene rings is 2. The van der Waals surface area contributed by atoms with Crippen LogP contribution in [0.15, 0.2) is 54.7 Å². The molecule has 1 saturated heterocycles. The minimum absolute atomic E-state index is 0.155. The molecule has 2 aromatic heterocycles. The number of carbonyl (C=O) groups excluding carboxylic acids is 1. The van der Waals surface area contributed by atoms with Crippen molar-refractivity contribution < 1.29 is 4.79 Å². The first-order valence-electron chi connectivity index (χ1n) is 12.0. The van der Waals surface area contributed by atoms with Crippen LogP contribution in [0, 0.1) is 6.92 Å². The molecule has 1 aliphatic heterocycles. The lowest BCUT2D eigenvalue weighted by Gasteiger charge is -2.34. The highest BCUT2D eigenvalue weighted by atomic mass is 35.5. The molecule has 0 spiro atoms. The molecule has 0 atom stereocenters. The van der Waals surface area contributed by atoms with Crippen molar-refractivity contribution in [3.63, 3.8) is 0 Å². The van der Waals surface area contributed by atoms with E-state index in [1.807, 2.05) is 18.0 Å². The minimum atomic E-state index is 0.155. The molecular formula is C28H30ClN5O. The van der Waals surface area contributed by atoms with E-state index in [-0.39, 0.29) is 5.91 Å². The number of H-pyrrole nitrogens is 1. The lowest BCUT2D eigenvalue weighted by atomic mass is 9.96. The van der Waals surface area contributed by atoms with Gasteiger partial charge < -0.3 is 15.2 Å². The molecule has 5 rings (SSSR count). The summed E-state index contributed by atoms with van der Waals surface area (Å²) in [5.41, 5.74) is 8.54. The standard InChI is InChI=1S/C28H30ClN5O/c1-18-7-8-21(16-24(18)30-3)25-26-23(29)9-10-31-28(26)32-27(25)22-6-4-5-20(15-22)17-33-11-13-34(14-12-33)19(2)35/h4-10,15-16,30H,11-14,17H2,1-3H3,(H,31,32). The summed E-state index contributed by atoms with van der Waals surface area (Å²) >= 11 is 6.70. The molecule has 0 unspecified atom stereocenters. The summed E-state index contributed by atoms with van der Waals surface area (Å²) in [5.74, 6) is 0.155. The van der Waals surface area contributed by atoms with E-state index >= 15 is 0 Å². The number of hydrogen-bond acceptors (Lipinski definition) is 4. The van der Waals surface area contributed by atoms with Gasteiger partial charge in [-0.3, -0.25) is 9.69 Å². The number of anilines is 1. The Labute approximate surface area is 210 Å². The zero-order chi connectivity index (χ0) is 24.5. The topological polar surface area (TPSA) is 64.3 Å². The van der Waals surface area contributed by atoms with Crippen LogP contribution in [-0.4, -0.2) is 58.9 Å². The Bertz CT molecular complexity index is 1390. The Morgan fingerprint density at radius 2 is 1.89 bits per heavy atom. The molecule has 35 heavy (non-hydrogen) atoms. The maximum absolute atomic E-state index is 11.7. The summed E-state index contributed by atoms with van der Waals surface area (Å²) in [6, 6.07) is 16.9. The fourth-order valence-corrected chi connectivity index (χ4v) is 5.17. The second-order valence-electron chi connectivity index (χ2n) is 9.15. The van der Waals surface area contributed by atoms with Crippen molar-refractivity contribution in [3.05, 3.63) is 70.9 Å². The van der Waals surface area contributed by atoms with Gasteiger partial charge in [0.1, 0.15) is 5.65 Å². The highest BCUT2D eigenvalue weighted by molar-refractivity contribution is 6.36. The molecule has 0 aliphatic carbocycles. The number of rotatable bonds is 5. The van der Waals surface area contributed by atoms with Crippen LogP contribution >= 0.6 is 11.6 Å². The van der Waals surface area contributed by atoms with Crippen LogP contribution in [0.25, 0.3) is 33.4 Å². The largest absolute Gasteiger partial charge is 0.388 e. The van der Waals surface area contributed by atoms with Gasteiger partial charge in [0.15, 0.2) is 0 Å². The number of carbonyl (C=O) groups is 1. The average molecular weight is 488 g/mol. The van der Waals surface area contributed by atoms with Gasteiger partial charge in [-0.25, -0.2) is 4.98 Å². The van der Waals surface area contributed by atoms with E-state index < -0.39 is 0 Å². The second-order valence-corrected chi connectivity index (χ2v) is 9.56. The third kappa shape index (κ3) is 4.64. The molecule has 0 radical (unpaired) electrons. The molecule has 0 saturated carbocycles. The number of halogens is 1. The molecule has 1 amide bonds. The van der Waals surface area contributed by atoms with E-state index in [1.165, 1.54) is 11.1 Å². The fraction of sp³-hybridized carbons (Fsp3) is 0.286. The van der Waals surface area contributed by atoms with Gasteiger partial charge in [-0.1, -0.05) is 41.9 Å². The van der Waals surface area contributed by atoms with Crippen LogP contribution in [0.2, 0.25) is 5.02 Å². The third-order valence-electron chi connectivity index (χ3n) is 6.88. The molecule has 0 bridgehead atoms. The smallest absolute Gasteiger partial charge is 0.219 e. The minimum Gasteiger partial charge on any atom is -0.388 e. The Kier molecular flexibility index (Phi) is 6.50. The quantitative estimate of drug-likeness (QED) is 0.386. The molecule has 2 aromatic carbocycles. The molecule has 2 N–H and O–H groups in total. The summed E-state index contributed by atoms with van der Waals surface area (Å²) in [6.45, 7) is 7.93. The zero-order valence-corrected chi connectivity index (χ0v) is 21.1. The molecule has 1 fully saturated rings. The number of fused-ring (bicyclic) bond motifs is 1. The van der Waals surface area contributed by atoms with E-state index in [4.69, 9.17) is 11.6 Å². The number of nitrogens with one attached hydrogen (secondary N) is 2. The van der Waals surface area contributed by atoms with Crippen LogP contribution in [0.5, 0.6) is 0 Å². The number of piperazine rings is 1. The molecule has 4 aromatic rings. The zero-order valence-electron chi connectivity index (χ0n) is 20.4. The Balaban J connectivity index is 1.54. The summed E-state index contributed by atoms with van der Waals surface area (Å²) < 4.78 is 0. The molecule has 3 heterocycles. The van der Waals surface area contributed by atoms with Crippen molar-refractivity contribution in [2.75, 3.05) is 38.5 Å². The van der Waals surface area contributed by atoms with Crippen molar-refractivity contribution in [1.82, 2.24) is 19.8 Å². The van der Waals surface area contributed by atoms with Gasteiger partial charge in [0.25, 0.3) is 0 Å². The summed E-state index contributed by atoms with van der Waals surface area (Å²) in [5, 5.41) is 4.91. The fourth-order valence-electron chi connectivity index (χ4n) is 4.93. The molecular weight excluding hydrogens is 458 g/mol. The first-order valence-corrected chi connectivity index (χ1v) is 12.3. The van der Waals surface area contributed by atoms with Crippen molar-refractivity contribution in [1.29, 1.82) is 0 Å². The SMILES string of the molecule is CNc1cc(-c2c(-c3cccc(CN4CCN(C(C)=O)CC4)c3)[nH]c3nccc(Cl)c23)ccc1C. The normalized spacial score (nSPS) is 14.5. The second kappa shape index (κ2) is 9.72. The predicted octanol–water partition coefficient (Wildman–Crippen LogP) is 5.56. The van der Waals surface area contributed by atoms with Crippen LogP contribution in [0.4, 0.5) is 5.69 Å². The van der Waals surface area contributed by atoms with Gasteiger partial charge in [0.05, 0.1) is 10.7 Å². The number of aromatic amines is 1. The van der Waals surface area contributed by atoms with Crippen LogP contribution in [-0.2, 0) is 11.3 Å². The van der Waals surface area contributed by atoms with Crippen molar-refractivity contribution in [2.45, 2.75) is 20.4 Å². The van der Waals surface area contributed by atoms with Gasteiger partial charge in [-0.15, -0.1) is 0 Å². The highest BCUT2D eigenvalue weighted by Crippen LogP contribution is 2.41. The lowest BCUT2D eigenvalue weighted by Crippen LogP contribution is -2.47. The predicted molar refractivity (Wildman–Crippen MR) is 144 cm³/mol. The van der Waals surface area contributed by atoms with Crippen LogP contribution in [0.1, 0.15) is 18.1 Å². The van der Waals surface area contributed by atoms with E-state index in [9.17, 15) is 4.79 Å². The van der Waals surface area contributed by atoms with Crippen LogP contribution < -0.4 is 5.32 Å². The van der Waals surface area contributed by atoms with E-state index in [1.54, 1.807) is 13.1 Å². The average Bonchev–Trinajstić information content (AvgIpc) is 3.26. The van der Waals surface area contributed by atoms with E-state index in [0.717, 1.165) is 71.8 Å². The number of nitrogens with zero attached hydrogens (tertiary/aromatic N) is 3. The number of amides is 1. The number of aryl methyl sites for hydroxylation is 1. The van der Waals surface area contributed by atoms with E-state index in [0.29, 0.717) is 5.02 Å². The molecule has 180 valence electrons. The third-order valence-corrected chi connectivity index (χ3v) is 7.19. The first-order chi connectivity index (χ1) is 16.9.